The van der Waals surface area contributed by atoms with Crippen LogP contribution in [-0.4, -0.2) is 26.4 Å². The van der Waals surface area contributed by atoms with Gasteiger partial charge < -0.3 is 5.32 Å². The molecule has 0 fully saturated rings. The van der Waals surface area contributed by atoms with Gasteiger partial charge in [0.2, 0.25) is 5.91 Å². The molecule has 1 amide bonds. The standard InChI is InChI=1S/C21H22N4OS/c1-4-13-25-20(18-8-6-5-7-16(18)3)23-24-21(25)27-14-19(26)22-17-11-9-15(2)10-12-17/h4-12H,1,13-14H2,2-3H3,(H,22,26). The maximum Gasteiger partial charge on any atom is 0.234 e. The van der Waals surface area contributed by atoms with E-state index in [9.17, 15) is 4.79 Å². The number of allylic oxidation sites excluding steroid dienone is 1. The van der Waals surface area contributed by atoms with E-state index in [1.54, 1.807) is 0 Å². The number of nitrogens with zero attached hydrogens (tertiary/aromatic N) is 3. The molecule has 1 aromatic heterocycles. The zero-order valence-electron chi connectivity index (χ0n) is 15.5. The van der Waals surface area contributed by atoms with Gasteiger partial charge in [-0.15, -0.1) is 16.8 Å². The molecular weight excluding hydrogens is 356 g/mol. The Labute approximate surface area is 163 Å². The smallest absolute Gasteiger partial charge is 0.234 e. The Morgan fingerprint density at radius 3 is 2.59 bits per heavy atom. The van der Waals surface area contributed by atoms with Crippen LogP contribution in [-0.2, 0) is 11.3 Å². The third-order valence-corrected chi connectivity index (χ3v) is 5.05. The van der Waals surface area contributed by atoms with Crippen LogP contribution in [0.2, 0.25) is 0 Å². The van der Waals surface area contributed by atoms with Gasteiger partial charge in [-0.25, -0.2) is 0 Å². The van der Waals surface area contributed by atoms with Crippen LogP contribution in [0, 0.1) is 13.8 Å². The molecule has 0 bridgehead atoms. The minimum absolute atomic E-state index is 0.0746. The lowest BCUT2D eigenvalue weighted by Crippen LogP contribution is -2.14. The Kier molecular flexibility index (Phi) is 6.08. The molecule has 27 heavy (non-hydrogen) atoms. The highest BCUT2D eigenvalue weighted by atomic mass is 32.2. The molecule has 2 aromatic carbocycles. The first-order chi connectivity index (χ1) is 13.1. The molecule has 0 saturated heterocycles. The van der Waals surface area contributed by atoms with Crippen molar-refractivity contribution < 1.29 is 4.79 Å². The molecule has 0 spiro atoms. The van der Waals surface area contributed by atoms with E-state index in [2.05, 4.69) is 22.1 Å². The number of carbonyl (C=O) groups is 1. The minimum Gasteiger partial charge on any atom is -0.325 e. The Morgan fingerprint density at radius 2 is 1.89 bits per heavy atom. The first-order valence-electron chi connectivity index (χ1n) is 8.68. The first-order valence-corrected chi connectivity index (χ1v) is 9.66. The van der Waals surface area contributed by atoms with Crippen LogP contribution in [0.15, 0.2) is 66.3 Å². The summed E-state index contributed by atoms with van der Waals surface area (Å²) in [5.41, 5.74) is 4.11. The van der Waals surface area contributed by atoms with Gasteiger partial charge in [0.25, 0.3) is 0 Å². The second-order valence-electron chi connectivity index (χ2n) is 6.22. The lowest BCUT2D eigenvalue weighted by Gasteiger charge is -2.09. The van der Waals surface area contributed by atoms with Gasteiger partial charge >= 0.3 is 0 Å². The highest BCUT2D eigenvalue weighted by molar-refractivity contribution is 7.99. The van der Waals surface area contributed by atoms with Gasteiger partial charge in [0.05, 0.1) is 5.75 Å². The van der Waals surface area contributed by atoms with Crippen molar-refractivity contribution in [3.8, 4) is 11.4 Å². The number of hydrogen-bond donors (Lipinski definition) is 1. The molecule has 0 atom stereocenters. The molecule has 3 aromatic rings. The van der Waals surface area contributed by atoms with E-state index >= 15 is 0 Å². The lowest BCUT2D eigenvalue weighted by molar-refractivity contribution is -0.113. The van der Waals surface area contributed by atoms with Gasteiger partial charge in [0.15, 0.2) is 11.0 Å². The van der Waals surface area contributed by atoms with Crippen LogP contribution < -0.4 is 5.32 Å². The van der Waals surface area contributed by atoms with Gasteiger partial charge in [-0.1, -0.05) is 59.8 Å². The molecule has 0 aliphatic rings. The normalized spacial score (nSPS) is 10.6. The van der Waals surface area contributed by atoms with Crippen molar-refractivity contribution in [1.29, 1.82) is 0 Å². The number of hydrogen-bond acceptors (Lipinski definition) is 4. The summed E-state index contributed by atoms with van der Waals surface area (Å²) >= 11 is 1.37. The van der Waals surface area contributed by atoms with Gasteiger partial charge in [-0.2, -0.15) is 0 Å². The predicted octanol–water partition coefficient (Wildman–Crippen LogP) is 4.48. The lowest BCUT2D eigenvalue weighted by atomic mass is 10.1. The molecule has 138 valence electrons. The molecular formula is C21H22N4OS. The molecule has 0 aliphatic heterocycles. The van der Waals surface area contributed by atoms with Crippen molar-refractivity contribution in [3.05, 3.63) is 72.3 Å². The largest absolute Gasteiger partial charge is 0.325 e. The fraction of sp³-hybridized carbons (Fsp3) is 0.190. The number of aromatic nitrogens is 3. The highest BCUT2D eigenvalue weighted by Gasteiger charge is 2.16. The molecule has 1 N–H and O–H groups in total. The molecule has 5 nitrogen and oxygen atoms in total. The monoisotopic (exact) mass is 378 g/mol. The summed E-state index contributed by atoms with van der Waals surface area (Å²) in [4.78, 5) is 12.3. The number of nitrogens with one attached hydrogen (secondary N) is 1. The van der Waals surface area contributed by atoms with E-state index in [1.807, 2.05) is 73.0 Å². The summed E-state index contributed by atoms with van der Waals surface area (Å²) in [5.74, 6) is 0.973. The Balaban J connectivity index is 1.73. The van der Waals surface area contributed by atoms with Crippen LogP contribution in [0.25, 0.3) is 11.4 Å². The number of aryl methyl sites for hydroxylation is 2. The summed E-state index contributed by atoms with van der Waals surface area (Å²) in [6, 6.07) is 15.8. The topological polar surface area (TPSA) is 59.8 Å². The summed E-state index contributed by atoms with van der Waals surface area (Å²) in [6.07, 6.45) is 1.81. The highest BCUT2D eigenvalue weighted by Crippen LogP contribution is 2.26. The van der Waals surface area contributed by atoms with Crippen molar-refractivity contribution >= 4 is 23.4 Å². The minimum atomic E-state index is -0.0746. The van der Waals surface area contributed by atoms with E-state index in [1.165, 1.54) is 11.8 Å². The summed E-state index contributed by atoms with van der Waals surface area (Å²) < 4.78 is 1.99. The zero-order valence-corrected chi connectivity index (χ0v) is 16.3. The third kappa shape index (κ3) is 4.65. The van der Waals surface area contributed by atoms with Crippen LogP contribution in [0.1, 0.15) is 11.1 Å². The fourth-order valence-electron chi connectivity index (χ4n) is 2.68. The average Bonchev–Trinajstić information content (AvgIpc) is 3.05. The molecule has 0 aliphatic carbocycles. The van der Waals surface area contributed by atoms with Crippen LogP contribution in [0.3, 0.4) is 0 Å². The van der Waals surface area contributed by atoms with Crippen LogP contribution in [0.5, 0.6) is 0 Å². The van der Waals surface area contributed by atoms with E-state index in [0.717, 1.165) is 28.2 Å². The van der Waals surface area contributed by atoms with Crippen LogP contribution >= 0.6 is 11.8 Å². The molecule has 0 unspecified atom stereocenters. The Morgan fingerprint density at radius 1 is 1.15 bits per heavy atom. The van der Waals surface area contributed by atoms with E-state index < -0.39 is 0 Å². The van der Waals surface area contributed by atoms with E-state index in [-0.39, 0.29) is 11.7 Å². The van der Waals surface area contributed by atoms with Crippen molar-refractivity contribution in [2.45, 2.75) is 25.5 Å². The second kappa shape index (κ2) is 8.68. The zero-order chi connectivity index (χ0) is 19.2. The molecule has 1 heterocycles. The number of rotatable bonds is 7. The SMILES string of the molecule is C=CCn1c(SCC(=O)Nc2ccc(C)cc2)nnc1-c1ccccc1C. The maximum absolute atomic E-state index is 12.3. The van der Waals surface area contributed by atoms with Gasteiger partial charge in [0, 0.05) is 17.8 Å². The predicted molar refractivity (Wildman–Crippen MR) is 111 cm³/mol. The second-order valence-corrected chi connectivity index (χ2v) is 7.17. The number of carbonyl (C=O) groups excluding carboxylic acids is 1. The number of anilines is 1. The summed E-state index contributed by atoms with van der Waals surface area (Å²) in [7, 11) is 0. The molecule has 6 heteroatoms. The quantitative estimate of drug-likeness (QED) is 0.486. The third-order valence-electron chi connectivity index (χ3n) is 4.08. The van der Waals surface area contributed by atoms with Crippen molar-refractivity contribution in [2.24, 2.45) is 0 Å². The number of thioether (sulfide) groups is 1. The molecule has 0 saturated carbocycles. The summed E-state index contributed by atoms with van der Waals surface area (Å²) in [6.45, 7) is 8.47. The van der Waals surface area contributed by atoms with Crippen molar-refractivity contribution in [1.82, 2.24) is 14.8 Å². The van der Waals surface area contributed by atoms with E-state index in [4.69, 9.17) is 0 Å². The maximum atomic E-state index is 12.3. The number of amides is 1. The molecule has 3 rings (SSSR count). The fourth-order valence-corrected chi connectivity index (χ4v) is 3.42. The summed E-state index contributed by atoms with van der Waals surface area (Å²) in [5, 5.41) is 12.2. The van der Waals surface area contributed by atoms with Crippen molar-refractivity contribution in [2.75, 3.05) is 11.1 Å². The van der Waals surface area contributed by atoms with Crippen LogP contribution in [0.4, 0.5) is 5.69 Å². The van der Waals surface area contributed by atoms with Gasteiger partial charge in [0.1, 0.15) is 0 Å². The molecule has 0 radical (unpaired) electrons. The average molecular weight is 379 g/mol. The van der Waals surface area contributed by atoms with E-state index in [0.29, 0.717) is 11.7 Å². The van der Waals surface area contributed by atoms with Gasteiger partial charge in [-0.3, -0.25) is 9.36 Å². The van der Waals surface area contributed by atoms with Gasteiger partial charge in [-0.05, 0) is 31.5 Å². The van der Waals surface area contributed by atoms with Crippen molar-refractivity contribution in [3.63, 3.8) is 0 Å². The first kappa shape index (κ1) is 18.9. The Bertz CT molecular complexity index is 947. The number of benzene rings is 2. The Hall–Kier alpha value is -2.86.